The largest absolute Gasteiger partial charge is 0.414 e. The van der Waals surface area contributed by atoms with Crippen LogP contribution >= 0.6 is 63.5 Å². The molecule has 0 spiro atoms. The van der Waals surface area contributed by atoms with E-state index in [0.717, 1.165) is 11.1 Å². The van der Waals surface area contributed by atoms with Crippen LogP contribution < -0.4 is 0 Å². The van der Waals surface area contributed by atoms with Gasteiger partial charge in [0.25, 0.3) is 17.1 Å². The topological polar surface area (TPSA) is 294 Å². The molecule has 0 amide bonds. The highest BCUT2D eigenvalue weighted by Crippen LogP contribution is 2.47. The first-order valence-corrected chi connectivity index (χ1v) is 51.8. The number of hydrogen-bond donors (Lipinski definition) is 9. The second-order valence-electron chi connectivity index (χ2n) is 30.3. The van der Waals surface area contributed by atoms with Crippen molar-refractivity contribution in [3.8, 4) is 49.4 Å². The van der Waals surface area contributed by atoms with Crippen molar-refractivity contribution < 1.29 is 105 Å². The van der Waals surface area contributed by atoms with E-state index >= 15 is 0 Å². The van der Waals surface area contributed by atoms with Gasteiger partial charge in [-0.05, 0) is 135 Å². The van der Waals surface area contributed by atoms with Crippen molar-refractivity contribution in [1.82, 2.24) is 9.34 Å². The van der Waals surface area contributed by atoms with E-state index in [0.29, 0.717) is 64.3 Å². The highest BCUT2D eigenvalue weighted by Gasteiger charge is 2.39. The zero-order valence-corrected chi connectivity index (χ0v) is 86.5. The Kier molecular flexibility index (Phi) is 110. The molecule has 0 aliphatic rings. The van der Waals surface area contributed by atoms with E-state index in [4.69, 9.17) is 159 Å². The van der Waals surface area contributed by atoms with Crippen LogP contribution in [0.25, 0.3) is 4.85 Å². The van der Waals surface area contributed by atoms with Crippen LogP contribution in [0, 0.1) is 55.9 Å². The third-order valence-electron chi connectivity index (χ3n) is 15.7. The van der Waals surface area contributed by atoms with Gasteiger partial charge in [0, 0.05) is 75.3 Å². The second kappa shape index (κ2) is 103. The van der Waals surface area contributed by atoms with Gasteiger partial charge in [0.2, 0.25) is 12.3 Å². The maximum absolute atomic E-state index is 9.93. The zero-order chi connectivity index (χ0) is 104. The van der Waals surface area contributed by atoms with Crippen LogP contribution in [0.4, 0.5) is 0 Å². The van der Waals surface area contributed by atoms with Gasteiger partial charge in [0.05, 0.1) is 114 Å². The Balaban J connectivity index is -0.0000000829. The van der Waals surface area contributed by atoms with Crippen LogP contribution in [-0.4, -0.2) is 278 Å². The number of hydrogen-bond acceptors (Lipinski definition) is 22. The number of rotatable bonds is 40. The van der Waals surface area contributed by atoms with Gasteiger partial charge < -0.3 is 101 Å². The lowest BCUT2D eigenvalue weighted by molar-refractivity contribution is 0.0000253. The Labute approximate surface area is 791 Å². The van der Waals surface area contributed by atoms with Crippen LogP contribution in [-0.2, 0) is 63.8 Å². The lowest BCUT2D eigenvalue weighted by Crippen LogP contribution is -2.43. The van der Waals surface area contributed by atoms with Crippen LogP contribution in [0.3, 0.4) is 0 Å². The number of alkyl halides is 4. The van der Waals surface area contributed by atoms with Gasteiger partial charge in [0.1, 0.15) is 32.5 Å². The molecule has 0 saturated carbocycles. The van der Waals surface area contributed by atoms with E-state index in [-0.39, 0.29) is 160 Å². The average molecular weight is 1930 g/mol. The number of nitrogens with zero attached hydrogens (tertiary/aromatic N) is 3. The first-order chi connectivity index (χ1) is 60.3. The smallest absolute Gasteiger partial charge is 0.259 e. The van der Waals surface area contributed by atoms with E-state index in [9.17, 15) is 10.2 Å². The SMILES string of the molecule is C.C.C.CC(C)(C)[Si](C)(C)C.CC(C)(C)[Si](C)(C)OC[C@H](O)COCc1ccccc1.ClCCl.ClCCl.OC[C@H](O)COCc1ccccc1.[2H]C.[2H]C[C@@H](O)CO[Si](C)(C)C(C)(C)C.[2H]C[C@H](CO)OCC#C.[2H]C[C@H](COP(OCCC#C)N(C(C)C)C(C)C)OCC#C.[2H]C[C@H](COP(OCC[N+]#[C-])N(C(C)C)C(C)C)OCC#C.[3H]C.[3H]OC.[3H]OC.[3H]OC.[3H]OC. The summed E-state index contributed by atoms with van der Waals surface area (Å²) in [7, 11) is 0.756. The molecule has 0 aromatic heterocycles. The standard InChI is InChI=1S/C16H28NO3P.C16H28O3Si.C15H27N2O3P.C10H14O3.C9H22O2Si.C7H18Si.C6H10O2.2CH2Cl2.4CH4O.5CH4/c1-8-10-12-19-21(17(14(3)4)15(5)6)20-13-16(7)18-11-9-2;1-16(2,3)20(4,5)19-13-15(17)12-18-11-14-9-7-6-8-10-14;1-8-10-18-15(6)12-20-21(19-11-9-16-7)17(13(2)3)14(4)5;11-6-10(12)8-13-7-9-4-2-1-3-5-9;1-8(10)7-11-12(5,6)9(2,3)4;1-7(2,3)8(4,5)6;1-3-4-8-6(2)5-7;2*2-1-3;4*1-2;;;;;/h1-2,14-16H,10-13H2,3-7H3;6-10,15,17H,11-13H2,1-5H3;1,13-15H,9-12H2,2-6H3;1-5,10-12H,6-8H2;8,10H,7H2,1-6H3;1-6H3;1,6-7H,4-5H2,2H3;2*1H2;4*2H,1H3;5*1H4/t16-,21?;15-;15-,21?;10-;8-;;6-;;;;;;;;;;;/m11101.1.........../s1/i7D;;6D;;1D;;2D;;;4*2T;1T;1D;;;. The van der Waals surface area contributed by atoms with E-state index in [1.54, 1.807) is 0 Å². The number of benzene rings is 2. The molecule has 0 radical (unpaired) electrons. The van der Waals surface area contributed by atoms with Crippen LogP contribution in [0.5, 0.6) is 0 Å². The molecule has 0 bridgehead atoms. The van der Waals surface area contributed by atoms with Gasteiger partial charge in [-0.15, -0.1) is 78.0 Å². The first kappa shape index (κ1) is 131. The fraction of sp³-hybridized carbons (Fsp3) is 0.767. The Bertz CT molecular complexity index is 2690. The van der Waals surface area contributed by atoms with Crippen LogP contribution in [0.15, 0.2) is 60.7 Å². The molecule has 2 aromatic carbocycles. The van der Waals surface area contributed by atoms with E-state index in [2.05, 4.69) is 222 Å². The fourth-order valence-electron chi connectivity index (χ4n) is 6.49. The molecular formula is C90H187Cl4N3O20P2Si3. The summed E-state index contributed by atoms with van der Waals surface area (Å²) in [6.45, 7) is 63.6. The molecule has 32 heteroatoms. The summed E-state index contributed by atoms with van der Waals surface area (Å²) in [5.74, 6) is 9.60. The quantitative estimate of drug-likeness (QED) is 0.00748. The fourth-order valence-corrected chi connectivity index (χ4v) is 11.8. The van der Waals surface area contributed by atoms with Crippen LogP contribution in [0.1, 0.15) is 208 Å². The molecule has 122 heavy (non-hydrogen) atoms. The number of ether oxygens (including phenoxy) is 5. The Morgan fingerprint density at radius 2 is 0.795 bits per heavy atom. The maximum Gasteiger partial charge on any atom is 0.259 e. The van der Waals surface area contributed by atoms with Gasteiger partial charge in [-0.2, -0.15) is 0 Å². The molecule has 0 saturated heterocycles. The minimum absolute atomic E-state index is 0. The van der Waals surface area contributed by atoms with Crippen molar-refractivity contribution in [3.63, 3.8) is 0 Å². The van der Waals surface area contributed by atoms with Crippen molar-refractivity contribution in [2.45, 2.75) is 324 Å². The second-order valence-corrected chi connectivity index (χ2v) is 50.4. The number of terminal acetylenes is 4. The van der Waals surface area contributed by atoms with Crippen molar-refractivity contribution in [3.05, 3.63) is 83.2 Å². The van der Waals surface area contributed by atoms with Gasteiger partial charge in [-0.1, -0.05) is 197 Å². The predicted octanol–water partition coefficient (Wildman–Crippen LogP) is 20.9. The molecule has 0 heterocycles. The molecule has 2 rings (SSSR count). The summed E-state index contributed by atoms with van der Waals surface area (Å²) in [6, 6.07) is 20.7. The summed E-state index contributed by atoms with van der Waals surface area (Å²) in [5, 5.41) is 60.3. The Morgan fingerprint density at radius 3 is 1.05 bits per heavy atom. The molecule has 9 N–H and O–H groups in total. The van der Waals surface area contributed by atoms with Crippen molar-refractivity contribution >= 4 is 88.2 Å². The molecule has 0 aliphatic heterocycles. The molecule has 0 fully saturated rings. The van der Waals surface area contributed by atoms with Crippen molar-refractivity contribution in [2.24, 2.45) is 0 Å². The lowest BCUT2D eigenvalue weighted by Gasteiger charge is -2.36. The van der Waals surface area contributed by atoms with Gasteiger partial charge in [0.15, 0.2) is 16.6 Å². The summed E-state index contributed by atoms with van der Waals surface area (Å²) in [6.07, 6.45) is 17.9. The van der Waals surface area contributed by atoms with E-state index < -0.39 is 66.2 Å². The molecular weight excluding hydrogens is 1730 g/mol. The van der Waals surface area contributed by atoms with Crippen molar-refractivity contribution in [2.75, 3.05) is 132 Å². The summed E-state index contributed by atoms with van der Waals surface area (Å²) in [4.78, 5) is 3.29. The van der Waals surface area contributed by atoms with Gasteiger partial charge in [-0.25, -0.2) is 15.9 Å². The van der Waals surface area contributed by atoms with Crippen molar-refractivity contribution in [1.29, 1.82) is 5.72 Å². The number of aliphatic hydroxyl groups is 9. The highest BCUT2D eigenvalue weighted by molar-refractivity contribution is 7.44. The highest BCUT2D eigenvalue weighted by atomic mass is 35.5. The van der Waals surface area contributed by atoms with Crippen LogP contribution in [0.2, 0.25) is 60.9 Å². The third-order valence-corrected chi connectivity index (χ3v) is 33.3. The number of aliphatic hydroxyl groups excluding tert-OH is 9. The predicted molar refractivity (Wildman–Crippen MR) is 538 cm³/mol. The molecule has 2 unspecified atom stereocenters. The minimum Gasteiger partial charge on any atom is -0.414 e. The Hall–Kier alpha value is -2.04. The molecule has 8 atom stereocenters. The molecule has 0 aliphatic carbocycles. The normalized spacial score (nSPS) is 13.4. The monoisotopic (exact) mass is 1930 g/mol. The van der Waals surface area contributed by atoms with Gasteiger partial charge in [-0.3, -0.25) is 0 Å². The summed E-state index contributed by atoms with van der Waals surface area (Å²) in [5.41, 5.74) is 2.18. The van der Waals surface area contributed by atoms with E-state index in [1.165, 1.54) is 43.2 Å². The molecule has 23 nitrogen and oxygen atoms in total. The Morgan fingerprint density at radius 1 is 0.492 bits per heavy atom. The number of halogens is 4. The average Bonchev–Trinajstić information content (AvgIpc) is 0.843. The molecule has 732 valence electrons. The maximum atomic E-state index is 9.93. The summed E-state index contributed by atoms with van der Waals surface area (Å²) >= 11 is 19.1. The van der Waals surface area contributed by atoms with Gasteiger partial charge >= 0.3 is 0 Å². The van der Waals surface area contributed by atoms with E-state index in [1.807, 2.05) is 60.7 Å². The lowest BCUT2D eigenvalue weighted by atomic mass is 10.2. The zero-order valence-electron chi connectivity index (χ0n) is 88.7. The summed E-state index contributed by atoms with van der Waals surface area (Å²) < 4.78 is 129. The third kappa shape index (κ3) is 103. The first-order valence-electron chi connectivity index (χ1n) is 44.5. The minimum atomic E-state index is -1.79. The molecule has 2 aromatic rings.